The van der Waals surface area contributed by atoms with Crippen LogP contribution in [0, 0.1) is 12.7 Å². The molecule has 0 aliphatic carbocycles. The van der Waals surface area contributed by atoms with E-state index >= 15 is 0 Å². The summed E-state index contributed by atoms with van der Waals surface area (Å²) >= 11 is 0. The number of methoxy groups -OCH3 is 1. The second-order valence-electron chi connectivity index (χ2n) is 3.45. The van der Waals surface area contributed by atoms with Crippen LogP contribution in [0.2, 0.25) is 0 Å². The van der Waals surface area contributed by atoms with E-state index in [0.29, 0.717) is 23.4 Å². The Hall–Kier alpha value is -1.09. The van der Waals surface area contributed by atoms with E-state index in [1.807, 2.05) is 6.92 Å². The molecule has 0 saturated heterocycles. The monoisotopic (exact) mass is 197 g/mol. The number of ether oxygens (including phenoxy) is 1. The minimum absolute atomic E-state index is 0.0233. The van der Waals surface area contributed by atoms with Gasteiger partial charge in [0.15, 0.2) is 0 Å². The van der Waals surface area contributed by atoms with E-state index in [2.05, 4.69) is 0 Å². The van der Waals surface area contributed by atoms with Crippen molar-refractivity contribution in [3.05, 3.63) is 29.1 Å². The highest BCUT2D eigenvalue weighted by Gasteiger charge is 2.16. The first-order valence-electron chi connectivity index (χ1n) is 4.64. The van der Waals surface area contributed by atoms with Crippen molar-refractivity contribution < 1.29 is 9.13 Å². The lowest BCUT2D eigenvalue weighted by molar-refractivity contribution is 0.400. The fraction of sp³-hybridized carbons (Fsp3) is 0.455. The number of rotatable bonds is 3. The van der Waals surface area contributed by atoms with Gasteiger partial charge in [0, 0.05) is 5.56 Å². The molecule has 14 heavy (non-hydrogen) atoms. The topological polar surface area (TPSA) is 35.2 Å². The van der Waals surface area contributed by atoms with Crippen LogP contribution in [0.25, 0.3) is 0 Å². The molecule has 0 bridgehead atoms. The van der Waals surface area contributed by atoms with E-state index in [1.165, 1.54) is 7.11 Å². The van der Waals surface area contributed by atoms with Crippen LogP contribution >= 0.6 is 0 Å². The lowest BCUT2D eigenvalue weighted by Gasteiger charge is -2.15. The van der Waals surface area contributed by atoms with Crippen molar-refractivity contribution in [1.29, 1.82) is 0 Å². The molecule has 1 rings (SSSR count). The maximum absolute atomic E-state index is 13.8. The van der Waals surface area contributed by atoms with Crippen LogP contribution in [0.3, 0.4) is 0 Å². The third-order valence-corrected chi connectivity index (χ3v) is 2.40. The Kier molecular flexibility index (Phi) is 3.47. The highest BCUT2D eigenvalue weighted by atomic mass is 19.1. The molecule has 0 radical (unpaired) electrons. The number of hydrogen-bond donors (Lipinski definition) is 1. The molecular formula is C11H16FNO. The lowest BCUT2D eigenvalue weighted by atomic mass is 9.97. The van der Waals surface area contributed by atoms with E-state index < -0.39 is 0 Å². The van der Waals surface area contributed by atoms with Crippen LogP contribution < -0.4 is 10.5 Å². The van der Waals surface area contributed by atoms with Gasteiger partial charge < -0.3 is 10.5 Å². The Morgan fingerprint density at radius 2 is 2.14 bits per heavy atom. The van der Waals surface area contributed by atoms with Crippen molar-refractivity contribution in [2.45, 2.75) is 19.8 Å². The van der Waals surface area contributed by atoms with E-state index in [0.717, 1.165) is 0 Å². The van der Waals surface area contributed by atoms with Crippen molar-refractivity contribution in [2.75, 3.05) is 13.7 Å². The number of hydrogen-bond acceptors (Lipinski definition) is 2. The highest BCUT2D eigenvalue weighted by molar-refractivity contribution is 5.40. The number of halogens is 1. The van der Waals surface area contributed by atoms with Gasteiger partial charge in [0.1, 0.15) is 11.6 Å². The molecule has 2 nitrogen and oxygen atoms in total. The number of aryl methyl sites for hydroxylation is 1. The molecule has 1 unspecified atom stereocenters. The zero-order valence-corrected chi connectivity index (χ0v) is 8.80. The molecule has 0 aliphatic rings. The first-order chi connectivity index (χ1) is 6.61. The standard InChI is InChI=1S/C11H16FNO/c1-7-4-5-9(14-3)10(11(7)12)8(2)6-13/h4-5,8H,6,13H2,1-3H3. The quantitative estimate of drug-likeness (QED) is 0.806. The molecule has 0 spiro atoms. The van der Waals surface area contributed by atoms with Gasteiger partial charge in [-0.2, -0.15) is 0 Å². The van der Waals surface area contributed by atoms with E-state index in [1.54, 1.807) is 19.1 Å². The molecular weight excluding hydrogens is 181 g/mol. The van der Waals surface area contributed by atoms with Crippen LogP contribution in [-0.4, -0.2) is 13.7 Å². The predicted molar refractivity (Wildman–Crippen MR) is 55.2 cm³/mol. The summed E-state index contributed by atoms with van der Waals surface area (Å²) in [5, 5.41) is 0. The van der Waals surface area contributed by atoms with Gasteiger partial charge in [-0.15, -0.1) is 0 Å². The largest absolute Gasteiger partial charge is 0.496 e. The molecule has 1 aromatic rings. The number of nitrogens with two attached hydrogens (primary N) is 1. The molecule has 3 heteroatoms. The summed E-state index contributed by atoms with van der Waals surface area (Å²) in [4.78, 5) is 0. The first kappa shape index (κ1) is 11.0. The van der Waals surface area contributed by atoms with Gasteiger partial charge in [-0.25, -0.2) is 4.39 Å². The van der Waals surface area contributed by atoms with Crippen molar-refractivity contribution in [1.82, 2.24) is 0 Å². The molecule has 0 fully saturated rings. The molecule has 0 saturated carbocycles. The Balaban J connectivity index is 3.27. The van der Waals surface area contributed by atoms with Crippen LogP contribution in [0.15, 0.2) is 12.1 Å². The van der Waals surface area contributed by atoms with E-state index in [-0.39, 0.29) is 11.7 Å². The second-order valence-corrected chi connectivity index (χ2v) is 3.45. The van der Waals surface area contributed by atoms with Crippen molar-refractivity contribution >= 4 is 0 Å². The average molecular weight is 197 g/mol. The summed E-state index contributed by atoms with van der Waals surface area (Å²) in [7, 11) is 1.54. The Labute approximate surface area is 83.9 Å². The van der Waals surface area contributed by atoms with Gasteiger partial charge in [0.25, 0.3) is 0 Å². The third-order valence-electron chi connectivity index (χ3n) is 2.40. The normalized spacial score (nSPS) is 12.6. The van der Waals surface area contributed by atoms with Gasteiger partial charge in [-0.1, -0.05) is 13.0 Å². The maximum Gasteiger partial charge on any atom is 0.133 e. The molecule has 1 atom stereocenters. The summed E-state index contributed by atoms with van der Waals surface area (Å²) in [5.74, 6) is 0.346. The van der Waals surface area contributed by atoms with Crippen LogP contribution in [-0.2, 0) is 0 Å². The van der Waals surface area contributed by atoms with Gasteiger partial charge in [-0.05, 0) is 31.0 Å². The molecule has 0 aliphatic heterocycles. The van der Waals surface area contributed by atoms with Crippen LogP contribution in [0.4, 0.5) is 4.39 Å². The van der Waals surface area contributed by atoms with Gasteiger partial charge in [0.2, 0.25) is 0 Å². The van der Waals surface area contributed by atoms with Crippen molar-refractivity contribution in [3.8, 4) is 5.75 Å². The Bertz CT molecular complexity index is 325. The lowest BCUT2D eigenvalue weighted by Crippen LogP contribution is -2.12. The molecule has 0 heterocycles. The summed E-state index contributed by atoms with van der Waals surface area (Å²) in [6.07, 6.45) is 0. The Morgan fingerprint density at radius 3 is 2.64 bits per heavy atom. The summed E-state index contributed by atoms with van der Waals surface area (Å²) in [6.45, 7) is 4.04. The fourth-order valence-corrected chi connectivity index (χ4v) is 1.44. The summed E-state index contributed by atoms with van der Waals surface area (Å²) in [6, 6.07) is 3.49. The van der Waals surface area contributed by atoms with Gasteiger partial charge in [-0.3, -0.25) is 0 Å². The maximum atomic E-state index is 13.8. The average Bonchev–Trinajstić information content (AvgIpc) is 2.20. The smallest absolute Gasteiger partial charge is 0.133 e. The summed E-state index contributed by atoms with van der Waals surface area (Å²) in [5.41, 5.74) is 6.73. The molecule has 0 amide bonds. The van der Waals surface area contributed by atoms with E-state index in [9.17, 15) is 4.39 Å². The van der Waals surface area contributed by atoms with Gasteiger partial charge in [0.05, 0.1) is 7.11 Å². The Morgan fingerprint density at radius 1 is 1.50 bits per heavy atom. The first-order valence-corrected chi connectivity index (χ1v) is 4.64. The third kappa shape index (κ3) is 1.87. The SMILES string of the molecule is COc1ccc(C)c(F)c1C(C)CN. The fourth-order valence-electron chi connectivity index (χ4n) is 1.44. The van der Waals surface area contributed by atoms with Crippen LogP contribution in [0.1, 0.15) is 24.0 Å². The number of benzene rings is 1. The molecule has 1 aromatic carbocycles. The second kappa shape index (κ2) is 4.42. The molecule has 2 N–H and O–H groups in total. The minimum atomic E-state index is -0.206. The van der Waals surface area contributed by atoms with Crippen LogP contribution in [0.5, 0.6) is 5.75 Å². The zero-order valence-electron chi connectivity index (χ0n) is 8.80. The zero-order chi connectivity index (χ0) is 10.7. The van der Waals surface area contributed by atoms with E-state index in [4.69, 9.17) is 10.5 Å². The molecule has 78 valence electrons. The van der Waals surface area contributed by atoms with Crippen molar-refractivity contribution in [3.63, 3.8) is 0 Å². The highest BCUT2D eigenvalue weighted by Crippen LogP contribution is 2.30. The minimum Gasteiger partial charge on any atom is -0.496 e. The predicted octanol–water partition coefficient (Wildman–Crippen LogP) is 2.20. The molecule has 0 aromatic heterocycles. The van der Waals surface area contributed by atoms with Crippen molar-refractivity contribution in [2.24, 2.45) is 5.73 Å². The summed E-state index contributed by atoms with van der Waals surface area (Å²) < 4.78 is 18.9. The van der Waals surface area contributed by atoms with Gasteiger partial charge >= 0.3 is 0 Å².